The summed E-state index contributed by atoms with van der Waals surface area (Å²) in [7, 11) is 1.50. The minimum absolute atomic E-state index is 0.0744. The van der Waals surface area contributed by atoms with Gasteiger partial charge in [-0.25, -0.2) is 4.39 Å². The molecule has 0 heterocycles. The SMILES string of the molecule is COc1cccc(C=NN=C(N)N)c1OCc1c(F)cccc1Cl. The first kappa shape index (κ1) is 17.6. The fraction of sp³-hybridized carbons (Fsp3) is 0.125. The van der Waals surface area contributed by atoms with Gasteiger partial charge in [-0.05, 0) is 24.3 Å². The highest BCUT2D eigenvalue weighted by Crippen LogP contribution is 2.32. The van der Waals surface area contributed by atoms with E-state index in [1.54, 1.807) is 24.3 Å². The number of nitrogens with zero attached hydrogens (tertiary/aromatic N) is 2. The van der Waals surface area contributed by atoms with Crippen LogP contribution in [0, 0.1) is 5.82 Å². The lowest BCUT2D eigenvalue weighted by Crippen LogP contribution is -2.21. The Bertz CT molecular complexity index is 756. The summed E-state index contributed by atoms with van der Waals surface area (Å²) in [6.07, 6.45) is 1.40. The summed E-state index contributed by atoms with van der Waals surface area (Å²) >= 11 is 6.00. The van der Waals surface area contributed by atoms with Crippen LogP contribution in [0.1, 0.15) is 11.1 Å². The highest BCUT2D eigenvalue weighted by atomic mass is 35.5. The molecule has 2 aromatic rings. The number of guanidine groups is 1. The van der Waals surface area contributed by atoms with E-state index in [0.29, 0.717) is 17.1 Å². The molecular formula is C16H16ClFN4O2. The Hall–Kier alpha value is -2.80. The van der Waals surface area contributed by atoms with E-state index >= 15 is 0 Å². The predicted octanol–water partition coefficient (Wildman–Crippen LogP) is 2.67. The predicted molar refractivity (Wildman–Crippen MR) is 92.1 cm³/mol. The zero-order valence-corrected chi connectivity index (χ0v) is 13.6. The quantitative estimate of drug-likeness (QED) is 0.475. The van der Waals surface area contributed by atoms with E-state index in [4.69, 9.17) is 32.5 Å². The Kier molecular flexibility index (Phi) is 5.97. The van der Waals surface area contributed by atoms with Gasteiger partial charge in [-0.15, -0.1) is 5.10 Å². The molecule has 4 N–H and O–H groups in total. The standard InChI is InChI=1S/C16H16ClFN4O2/c1-23-14-7-2-4-10(8-21-22-16(19)20)15(14)24-9-11-12(17)5-3-6-13(11)18/h2-8H,9H2,1H3,(H4,19,20,22). The van der Waals surface area contributed by atoms with Crippen LogP contribution < -0.4 is 20.9 Å². The van der Waals surface area contributed by atoms with Gasteiger partial charge in [0.05, 0.1) is 18.3 Å². The number of ether oxygens (including phenoxy) is 2. The zero-order valence-electron chi connectivity index (χ0n) is 12.9. The third-order valence-corrected chi connectivity index (χ3v) is 3.38. The number of nitrogens with two attached hydrogens (primary N) is 2. The first-order valence-corrected chi connectivity index (χ1v) is 7.25. The molecule has 0 fully saturated rings. The van der Waals surface area contributed by atoms with E-state index in [1.165, 1.54) is 25.5 Å². The third-order valence-electron chi connectivity index (χ3n) is 3.02. The average Bonchev–Trinajstić information content (AvgIpc) is 2.54. The summed E-state index contributed by atoms with van der Waals surface area (Å²) < 4.78 is 24.8. The molecule has 0 aliphatic carbocycles. The number of hydrogen-bond donors (Lipinski definition) is 2. The van der Waals surface area contributed by atoms with E-state index < -0.39 is 5.82 Å². The van der Waals surface area contributed by atoms with Crippen LogP contribution in [0.3, 0.4) is 0 Å². The summed E-state index contributed by atoms with van der Waals surface area (Å²) in [6, 6.07) is 9.61. The fourth-order valence-corrected chi connectivity index (χ4v) is 2.14. The van der Waals surface area contributed by atoms with E-state index in [2.05, 4.69) is 10.2 Å². The summed E-state index contributed by atoms with van der Waals surface area (Å²) in [6.45, 7) is -0.0744. The number of para-hydroxylation sites is 1. The molecule has 0 aromatic heterocycles. The number of halogens is 2. The minimum Gasteiger partial charge on any atom is -0.493 e. The molecule has 126 valence electrons. The van der Waals surface area contributed by atoms with E-state index in [1.807, 2.05) is 0 Å². The maximum absolute atomic E-state index is 13.9. The molecule has 0 aliphatic rings. The van der Waals surface area contributed by atoms with Gasteiger partial charge in [0, 0.05) is 11.1 Å². The van der Waals surface area contributed by atoms with E-state index in [0.717, 1.165) is 0 Å². The Labute approximate surface area is 143 Å². The van der Waals surface area contributed by atoms with Crippen molar-refractivity contribution >= 4 is 23.8 Å². The van der Waals surface area contributed by atoms with Crippen molar-refractivity contribution < 1.29 is 13.9 Å². The van der Waals surface area contributed by atoms with Crippen LogP contribution >= 0.6 is 11.6 Å². The summed E-state index contributed by atoms with van der Waals surface area (Å²) in [4.78, 5) is 0. The van der Waals surface area contributed by atoms with Gasteiger partial charge in [-0.3, -0.25) is 0 Å². The maximum atomic E-state index is 13.9. The largest absolute Gasteiger partial charge is 0.493 e. The molecule has 0 aliphatic heterocycles. The van der Waals surface area contributed by atoms with Gasteiger partial charge in [-0.1, -0.05) is 23.7 Å². The summed E-state index contributed by atoms with van der Waals surface area (Å²) in [5.74, 6) is 0.202. The van der Waals surface area contributed by atoms with Gasteiger partial charge < -0.3 is 20.9 Å². The van der Waals surface area contributed by atoms with Gasteiger partial charge >= 0.3 is 0 Å². The van der Waals surface area contributed by atoms with Crippen LogP contribution in [0.2, 0.25) is 5.02 Å². The van der Waals surface area contributed by atoms with E-state index in [9.17, 15) is 4.39 Å². The summed E-state index contributed by atoms with van der Waals surface area (Å²) in [5.41, 5.74) is 11.3. The van der Waals surface area contributed by atoms with Crippen molar-refractivity contribution in [2.45, 2.75) is 6.61 Å². The van der Waals surface area contributed by atoms with Gasteiger partial charge in [0.25, 0.3) is 0 Å². The molecule has 0 radical (unpaired) electrons. The molecule has 0 saturated heterocycles. The zero-order chi connectivity index (χ0) is 17.5. The Morgan fingerprint density at radius 2 is 2.00 bits per heavy atom. The van der Waals surface area contributed by atoms with Crippen LogP contribution in [-0.4, -0.2) is 19.3 Å². The van der Waals surface area contributed by atoms with Crippen LogP contribution in [0.4, 0.5) is 4.39 Å². The number of benzene rings is 2. The molecule has 2 rings (SSSR count). The van der Waals surface area contributed by atoms with Crippen molar-refractivity contribution in [3.63, 3.8) is 0 Å². The molecule has 0 spiro atoms. The second kappa shape index (κ2) is 8.16. The number of methoxy groups -OCH3 is 1. The van der Waals surface area contributed by atoms with Crippen molar-refractivity contribution in [1.29, 1.82) is 0 Å². The third kappa shape index (κ3) is 4.36. The lowest BCUT2D eigenvalue weighted by Gasteiger charge is -2.14. The molecule has 0 amide bonds. The first-order chi connectivity index (χ1) is 11.5. The van der Waals surface area contributed by atoms with Crippen molar-refractivity contribution in [2.24, 2.45) is 21.7 Å². The maximum Gasteiger partial charge on any atom is 0.211 e. The Balaban J connectivity index is 2.31. The molecule has 24 heavy (non-hydrogen) atoms. The van der Waals surface area contributed by atoms with Crippen LogP contribution in [-0.2, 0) is 6.61 Å². The Morgan fingerprint density at radius 1 is 1.25 bits per heavy atom. The molecule has 8 heteroatoms. The van der Waals surface area contributed by atoms with Crippen molar-refractivity contribution in [3.8, 4) is 11.5 Å². The molecule has 0 saturated carbocycles. The normalized spacial score (nSPS) is 10.6. The van der Waals surface area contributed by atoms with Gasteiger partial charge in [0.1, 0.15) is 12.4 Å². The second-order valence-corrected chi connectivity index (χ2v) is 5.04. The van der Waals surface area contributed by atoms with Gasteiger partial charge in [0.2, 0.25) is 5.96 Å². The number of hydrogen-bond acceptors (Lipinski definition) is 4. The average molecular weight is 351 g/mol. The first-order valence-electron chi connectivity index (χ1n) is 6.87. The molecule has 0 atom stereocenters. The van der Waals surface area contributed by atoms with Gasteiger partial charge in [-0.2, -0.15) is 5.10 Å². The van der Waals surface area contributed by atoms with Crippen LogP contribution in [0.15, 0.2) is 46.6 Å². The molecule has 0 bridgehead atoms. The highest BCUT2D eigenvalue weighted by molar-refractivity contribution is 6.31. The summed E-state index contributed by atoms with van der Waals surface area (Å²) in [5, 5.41) is 7.55. The fourth-order valence-electron chi connectivity index (χ4n) is 1.92. The van der Waals surface area contributed by atoms with Crippen molar-refractivity contribution in [1.82, 2.24) is 0 Å². The Morgan fingerprint density at radius 3 is 2.67 bits per heavy atom. The second-order valence-electron chi connectivity index (χ2n) is 4.64. The lowest BCUT2D eigenvalue weighted by molar-refractivity contribution is 0.279. The molecule has 2 aromatic carbocycles. The highest BCUT2D eigenvalue weighted by Gasteiger charge is 2.13. The van der Waals surface area contributed by atoms with Crippen molar-refractivity contribution in [3.05, 3.63) is 58.4 Å². The topological polar surface area (TPSA) is 95.2 Å². The van der Waals surface area contributed by atoms with Crippen LogP contribution in [0.5, 0.6) is 11.5 Å². The van der Waals surface area contributed by atoms with E-state index in [-0.39, 0.29) is 23.2 Å². The molecular weight excluding hydrogens is 335 g/mol. The molecule has 6 nitrogen and oxygen atoms in total. The smallest absolute Gasteiger partial charge is 0.211 e. The van der Waals surface area contributed by atoms with Crippen molar-refractivity contribution in [2.75, 3.05) is 7.11 Å². The monoisotopic (exact) mass is 350 g/mol. The van der Waals surface area contributed by atoms with Crippen LogP contribution in [0.25, 0.3) is 0 Å². The van der Waals surface area contributed by atoms with Gasteiger partial charge in [0.15, 0.2) is 11.5 Å². The minimum atomic E-state index is -0.451. The lowest BCUT2D eigenvalue weighted by atomic mass is 10.2. The number of rotatable bonds is 6. The molecule has 0 unspecified atom stereocenters.